The maximum absolute atomic E-state index is 11.8. The molecule has 0 saturated carbocycles. The minimum Gasteiger partial charge on any atom is -0.489 e. The second-order valence-electron chi connectivity index (χ2n) is 6.78. The van der Waals surface area contributed by atoms with Crippen LogP contribution in [0.3, 0.4) is 0 Å². The predicted octanol–water partition coefficient (Wildman–Crippen LogP) is 5.56. The van der Waals surface area contributed by atoms with Crippen LogP contribution in [0.4, 0.5) is 10.5 Å². The molecular weight excluding hydrogens is 394 g/mol. The predicted molar refractivity (Wildman–Crippen MR) is 119 cm³/mol. The molecule has 0 fully saturated rings. The van der Waals surface area contributed by atoms with Crippen molar-refractivity contribution in [3.63, 3.8) is 0 Å². The van der Waals surface area contributed by atoms with Gasteiger partial charge in [-0.25, -0.2) is 4.79 Å². The van der Waals surface area contributed by atoms with Gasteiger partial charge in [0.1, 0.15) is 19.0 Å². The molecular formula is C25H25NO5. The van der Waals surface area contributed by atoms with Gasteiger partial charge in [-0.2, -0.15) is 0 Å². The van der Waals surface area contributed by atoms with Crippen LogP contribution in [-0.4, -0.2) is 19.2 Å². The third kappa shape index (κ3) is 6.60. The molecule has 2 aliphatic carbocycles. The molecule has 0 spiro atoms. The third-order valence-electron chi connectivity index (χ3n) is 4.58. The third-order valence-corrected chi connectivity index (χ3v) is 4.58. The molecule has 0 saturated heterocycles. The van der Waals surface area contributed by atoms with E-state index in [1.165, 1.54) is 7.11 Å². The fourth-order valence-electron chi connectivity index (χ4n) is 2.79. The number of benzene rings is 3. The van der Waals surface area contributed by atoms with E-state index in [0.717, 1.165) is 33.7 Å². The zero-order valence-electron chi connectivity index (χ0n) is 17.6. The summed E-state index contributed by atoms with van der Waals surface area (Å²) in [6.45, 7) is 2.50. The van der Waals surface area contributed by atoms with Crippen molar-refractivity contribution in [2.45, 2.75) is 26.6 Å². The Balaban J connectivity index is 0.000000401. The maximum atomic E-state index is 11.8. The number of carbonyl (C=O) groups excluding carboxylic acids is 2. The first-order chi connectivity index (χ1) is 15.1. The maximum Gasteiger partial charge on any atom is 0.411 e. The number of nitrogens with one attached hydrogen (secondary N) is 1. The molecule has 2 aliphatic rings. The lowest BCUT2D eigenvalue weighted by Gasteiger charge is -2.08. The molecule has 0 atom stereocenters. The van der Waals surface area contributed by atoms with Gasteiger partial charge in [0.25, 0.3) is 0 Å². The van der Waals surface area contributed by atoms with Crippen LogP contribution in [0.5, 0.6) is 5.75 Å². The van der Waals surface area contributed by atoms with Gasteiger partial charge < -0.3 is 14.2 Å². The van der Waals surface area contributed by atoms with Gasteiger partial charge in [0.2, 0.25) is 0 Å². The molecule has 2 aromatic carbocycles. The SMILES string of the molecule is CCC(=O)OC.O=C(Nc1c2cccc1-2)OCc1ccc(COc2ccccc2)cc1. The van der Waals surface area contributed by atoms with Gasteiger partial charge >= 0.3 is 12.1 Å². The summed E-state index contributed by atoms with van der Waals surface area (Å²) >= 11 is 0. The Morgan fingerprint density at radius 1 is 0.806 bits per heavy atom. The minimum absolute atomic E-state index is 0.157. The Morgan fingerprint density at radius 3 is 1.97 bits per heavy atom. The first-order valence-corrected chi connectivity index (χ1v) is 10.0. The number of hydrogen-bond acceptors (Lipinski definition) is 5. The number of para-hydroxylation sites is 2. The summed E-state index contributed by atoms with van der Waals surface area (Å²) in [6, 6.07) is 23.4. The summed E-state index contributed by atoms with van der Waals surface area (Å²) in [5.74, 6) is 0.687. The van der Waals surface area contributed by atoms with Crippen LogP contribution >= 0.6 is 0 Å². The van der Waals surface area contributed by atoms with Gasteiger partial charge in [0.15, 0.2) is 0 Å². The number of ether oxygens (including phenoxy) is 3. The Labute approximate surface area is 181 Å². The Bertz CT molecular complexity index is 990. The number of amides is 1. The molecule has 31 heavy (non-hydrogen) atoms. The number of methoxy groups -OCH3 is 1. The first-order valence-electron chi connectivity index (χ1n) is 10.0. The number of esters is 1. The highest BCUT2D eigenvalue weighted by atomic mass is 16.5. The molecule has 0 aliphatic heterocycles. The molecule has 1 amide bonds. The molecule has 1 N–H and O–H groups in total. The monoisotopic (exact) mass is 419 g/mol. The lowest BCUT2D eigenvalue weighted by molar-refractivity contribution is -0.140. The molecule has 0 heterocycles. The molecule has 0 aromatic heterocycles. The molecule has 0 radical (unpaired) electrons. The highest BCUT2D eigenvalue weighted by molar-refractivity contribution is 6.10. The minimum atomic E-state index is -0.428. The lowest BCUT2D eigenvalue weighted by Crippen LogP contribution is -2.11. The number of anilines is 1. The molecule has 0 unspecified atom stereocenters. The number of carbonyl (C=O) groups is 2. The second-order valence-corrected chi connectivity index (χ2v) is 6.78. The van der Waals surface area contributed by atoms with E-state index < -0.39 is 6.09 Å². The van der Waals surface area contributed by atoms with Gasteiger partial charge in [-0.15, -0.1) is 0 Å². The molecule has 6 heteroatoms. The van der Waals surface area contributed by atoms with Crippen molar-refractivity contribution in [1.29, 1.82) is 0 Å². The van der Waals surface area contributed by atoms with Crippen molar-refractivity contribution in [1.82, 2.24) is 0 Å². The molecule has 2 aromatic rings. The van der Waals surface area contributed by atoms with Crippen LogP contribution in [-0.2, 0) is 27.5 Å². The highest BCUT2D eigenvalue weighted by Gasteiger charge is 2.25. The van der Waals surface area contributed by atoms with Crippen molar-refractivity contribution in [3.05, 3.63) is 83.9 Å². The van der Waals surface area contributed by atoms with Gasteiger partial charge in [0.05, 0.1) is 12.8 Å². The zero-order valence-corrected chi connectivity index (χ0v) is 17.6. The van der Waals surface area contributed by atoms with E-state index in [0.29, 0.717) is 13.0 Å². The van der Waals surface area contributed by atoms with E-state index in [4.69, 9.17) is 9.47 Å². The summed E-state index contributed by atoms with van der Waals surface area (Å²) in [5, 5.41) is 2.75. The van der Waals surface area contributed by atoms with Crippen LogP contribution in [0.2, 0.25) is 0 Å². The second kappa shape index (κ2) is 10.8. The Hall–Kier alpha value is -3.80. The average Bonchev–Trinajstić information content (AvgIpc) is 3.22. The van der Waals surface area contributed by atoms with Crippen molar-refractivity contribution in [2.24, 2.45) is 0 Å². The van der Waals surface area contributed by atoms with Crippen molar-refractivity contribution in [3.8, 4) is 16.9 Å². The summed E-state index contributed by atoms with van der Waals surface area (Å²) in [7, 11) is 1.38. The Kier molecular flexibility index (Phi) is 7.65. The summed E-state index contributed by atoms with van der Waals surface area (Å²) < 4.78 is 15.2. The van der Waals surface area contributed by atoms with Crippen molar-refractivity contribution >= 4 is 17.7 Å². The van der Waals surface area contributed by atoms with Crippen LogP contribution in [0.15, 0.2) is 72.8 Å². The standard InChI is InChI=1S/C21H17NO3.C4H8O2/c23-21(22-20-18-7-4-8-19(18)20)25-14-16-11-9-15(10-12-16)13-24-17-5-2-1-3-6-17;1-3-4(5)6-2/h1-12H,13-14H2,(H,22,23);3H2,1-2H3. The van der Waals surface area contributed by atoms with Crippen LogP contribution in [0.1, 0.15) is 24.5 Å². The fourth-order valence-corrected chi connectivity index (χ4v) is 2.79. The van der Waals surface area contributed by atoms with E-state index >= 15 is 0 Å². The van der Waals surface area contributed by atoms with Crippen LogP contribution < -0.4 is 10.1 Å². The highest BCUT2D eigenvalue weighted by Crippen LogP contribution is 2.48. The quantitative estimate of drug-likeness (QED) is 0.397. The summed E-state index contributed by atoms with van der Waals surface area (Å²) in [5.41, 5.74) is 5.07. The van der Waals surface area contributed by atoms with Crippen LogP contribution in [0, 0.1) is 0 Å². The lowest BCUT2D eigenvalue weighted by atomic mass is 10.1. The van der Waals surface area contributed by atoms with E-state index in [-0.39, 0.29) is 12.6 Å². The van der Waals surface area contributed by atoms with E-state index in [9.17, 15) is 9.59 Å². The average molecular weight is 419 g/mol. The van der Waals surface area contributed by atoms with E-state index in [2.05, 4.69) is 10.1 Å². The zero-order chi connectivity index (χ0) is 22.1. The normalized spacial score (nSPS) is 10.3. The number of rotatable bonds is 7. The number of fused-ring (bicyclic) bond motifs is 1. The topological polar surface area (TPSA) is 73.9 Å². The summed E-state index contributed by atoms with van der Waals surface area (Å²) in [4.78, 5) is 21.7. The van der Waals surface area contributed by atoms with Crippen molar-refractivity contribution in [2.75, 3.05) is 12.4 Å². The smallest absolute Gasteiger partial charge is 0.411 e. The van der Waals surface area contributed by atoms with Crippen LogP contribution in [0.25, 0.3) is 11.1 Å². The van der Waals surface area contributed by atoms with Crippen molar-refractivity contribution < 1.29 is 23.8 Å². The van der Waals surface area contributed by atoms with E-state index in [1.807, 2.05) is 72.8 Å². The fraction of sp³-hybridized carbons (Fsp3) is 0.200. The molecule has 6 nitrogen and oxygen atoms in total. The van der Waals surface area contributed by atoms with Gasteiger partial charge in [-0.3, -0.25) is 10.1 Å². The Morgan fingerprint density at radius 2 is 1.42 bits per heavy atom. The molecule has 160 valence electrons. The molecule has 4 rings (SSSR count). The van der Waals surface area contributed by atoms with Gasteiger partial charge in [0, 0.05) is 17.5 Å². The van der Waals surface area contributed by atoms with E-state index in [1.54, 1.807) is 6.92 Å². The number of hydrogen-bond donors (Lipinski definition) is 1. The van der Waals surface area contributed by atoms with Gasteiger partial charge in [-0.05, 0) is 23.3 Å². The first kappa shape index (κ1) is 21.9. The molecule has 0 bridgehead atoms. The summed E-state index contributed by atoms with van der Waals surface area (Å²) in [6.07, 6.45) is 0.0407. The largest absolute Gasteiger partial charge is 0.489 e. The van der Waals surface area contributed by atoms with Gasteiger partial charge in [-0.1, -0.05) is 67.6 Å².